The minimum absolute atomic E-state index is 0.151. The van der Waals surface area contributed by atoms with Gasteiger partial charge in [0, 0.05) is 13.1 Å². The van der Waals surface area contributed by atoms with E-state index in [4.69, 9.17) is 0 Å². The molecule has 108 valence electrons. The summed E-state index contributed by atoms with van der Waals surface area (Å²) < 4.78 is 0. The Bertz CT molecular complexity index is 343. The maximum atomic E-state index is 12.5. The zero-order valence-electron chi connectivity index (χ0n) is 12.2. The molecule has 4 heteroatoms. The molecule has 2 unspecified atom stereocenters. The van der Waals surface area contributed by atoms with E-state index in [1.165, 1.54) is 12.8 Å². The summed E-state index contributed by atoms with van der Waals surface area (Å²) in [4.78, 5) is 28.6. The third-order valence-electron chi connectivity index (χ3n) is 4.40. The van der Waals surface area contributed by atoms with Gasteiger partial charge in [-0.25, -0.2) is 0 Å². The average molecular weight is 266 g/mol. The fourth-order valence-corrected chi connectivity index (χ4v) is 3.33. The fraction of sp³-hybridized carbons (Fsp3) is 0.867. The minimum Gasteiger partial charge on any atom is -0.329 e. The molecule has 0 aliphatic carbocycles. The second kappa shape index (κ2) is 6.40. The van der Waals surface area contributed by atoms with E-state index in [2.05, 4.69) is 6.92 Å². The molecule has 0 N–H and O–H groups in total. The van der Waals surface area contributed by atoms with Crippen molar-refractivity contribution in [1.82, 2.24) is 9.80 Å². The number of fused-ring (bicyclic) bond motifs is 1. The number of carbonyl (C=O) groups is 2. The molecule has 0 aromatic carbocycles. The number of hydrogen-bond acceptors (Lipinski definition) is 2. The SMILES string of the molecule is CCCCCCN1C(=O)C2CCCN2C(=O)C1CC. The molecule has 2 fully saturated rings. The van der Waals surface area contributed by atoms with Crippen LogP contribution in [0.15, 0.2) is 0 Å². The Kier molecular flexibility index (Phi) is 4.83. The van der Waals surface area contributed by atoms with Gasteiger partial charge in [-0.1, -0.05) is 33.1 Å². The molecule has 0 saturated carbocycles. The van der Waals surface area contributed by atoms with Gasteiger partial charge in [-0.2, -0.15) is 0 Å². The monoisotopic (exact) mass is 266 g/mol. The Morgan fingerprint density at radius 1 is 1.11 bits per heavy atom. The maximum Gasteiger partial charge on any atom is 0.246 e. The van der Waals surface area contributed by atoms with Gasteiger partial charge >= 0.3 is 0 Å². The summed E-state index contributed by atoms with van der Waals surface area (Å²) in [6, 6.07) is -0.357. The first kappa shape index (κ1) is 14.4. The third-order valence-corrected chi connectivity index (χ3v) is 4.40. The Morgan fingerprint density at radius 2 is 1.89 bits per heavy atom. The molecule has 0 radical (unpaired) electrons. The van der Waals surface area contributed by atoms with Gasteiger partial charge in [0.1, 0.15) is 12.1 Å². The number of nitrogens with zero attached hydrogens (tertiary/aromatic N) is 2. The lowest BCUT2D eigenvalue weighted by Gasteiger charge is -2.42. The van der Waals surface area contributed by atoms with Crippen molar-refractivity contribution in [2.75, 3.05) is 13.1 Å². The van der Waals surface area contributed by atoms with Crippen LogP contribution in [-0.2, 0) is 9.59 Å². The first-order valence-corrected chi connectivity index (χ1v) is 7.81. The molecule has 19 heavy (non-hydrogen) atoms. The van der Waals surface area contributed by atoms with Crippen LogP contribution in [0.1, 0.15) is 58.8 Å². The van der Waals surface area contributed by atoms with Crippen LogP contribution in [0.3, 0.4) is 0 Å². The highest BCUT2D eigenvalue weighted by molar-refractivity contribution is 5.97. The molecule has 0 spiro atoms. The van der Waals surface area contributed by atoms with Crippen LogP contribution >= 0.6 is 0 Å². The fourth-order valence-electron chi connectivity index (χ4n) is 3.33. The smallest absolute Gasteiger partial charge is 0.246 e. The number of rotatable bonds is 6. The van der Waals surface area contributed by atoms with Gasteiger partial charge in [0.15, 0.2) is 0 Å². The van der Waals surface area contributed by atoms with Gasteiger partial charge in [0.2, 0.25) is 11.8 Å². The molecule has 2 saturated heterocycles. The molecular formula is C15H26N2O2. The van der Waals surface area contributed by atoms with Crippen LogP contribution < -0.4 is 0 Å². The van der Waals surface area contributed by atoms with E-state index in [-0.39, 0.29) is 23.9 Å². The van der Waals surface area contributed by atoms with Gasteiger partial charge in [-0.05, 0) is 25.7 Å². The van der Waals surface area contributed by atoms with E-state index in [0.717, 1.165) is 45.2 Å². The molecule has 4 nitrogen and oxygen atoms in total. The summed E-state index contributed by atoms with van der Waals surface area (Å²) in [5.74, 6) is 0.375. The summed E-state index contributed by atoms with van der Waals surface area (Å²) in [6.45, 7) is 5.72. The van der Waals surface area contributed by atoms with Crippen LogP contribution in [0, 0.1) is 0 Å². The first-order chi connectivity index (χ1) is 9.20. The zero-order chi connectivity index (χ0) is 13.8. The lowest BCUT2D eigenvalue weighted by molar-refractivity contribution is -0.159. The van der Waals surface area contributed by atoms with Gasteiger partial charge < -0.3 is 9.80 Å². The highest BCUT2D eigenvalue weighted by Gasteiger charge is 2.46. The number of unbranched alkanes of at least 4 members (excludes halogenated alkanes) is 3. The Hall–Kier alpha value is -1.06. The van der Waals surface area contributed by atoms with E-state index < -0.39 is 0 Å². The van der Waals surface area contributed by atoms with Crippen molar-refractivity contribution in [1.29, 1.82) is 0 Å². The first-order valence-electron chi connectivity index (χ1n) is 7.81. The Morgan fingerprint density at radius 3 is 2.58 bits per heavy atom. The number of carbonyl (C=O) groups excluding carboxylic acids is 2. The normalized spacial score (nSPS) is 27.1. The van der Waals surface area contributed by atoms with Gasteiger partial charge in [0.25, 0.3) is 0 Å². The van der Waals surface area contributed by atoms with Crippen molar-refractivity contribution in [2.24, 2.45) is 0 Å². The summed E-state index contributed by atoms with van der Waals surface area (Å²) in [5, 5.41) is 0. The second-order valence-electron chi connectivity index (χ2n) is 5.71. The number of hydrogen-bond donors (Lipinski definition) is 0. The van der Waals surface area contributed by atoms with Crippen LogP contribution in [0.4, 0.5) is 0 Å². The average Bonchev–Trinajstić information content (AvgIpc) is 2.90. The van der Waals surface area contributed by atoms with Crippen LogP contribution in [0.2, 0.25) is 0 Å². The molecule has 2 amide bonds. The summed E-state index contributed by atoms with van der Waals surface area (Å²) in [6.07, 6.45) is 7.15. The molecule has 2 aliphatic rings. The van der Waals surface area contributed by atoms with E-state index in [1.54, 1.807) is 0 Å². The Balaban J connectivity index is 2.02. The second-order valence-corrected chi connectivity index (χ2v) is 5.71. The van der Waals surface area contributed by atoms with Gasteiger partial charge in [0.05, 0.1) is 0 Å². The molecule has 2 atom stereocenters. The third kappa shape index (κ3) is 2.77. The topological polar surface area (TPSA) is 40.6 Å². The van der Waals surface area contributed by atoms with Gasteiger partial charge in [-0.15, -0.1) is 0 Å². The molecule has 2 heterocycles. The number of piperazine rings is 1. The van der Waals surface area contributed by atoms with Crippen molar-refractivity contribution < 1.29 is 9.59 Å². The van der Waals surface area contributed by atoms with Crippen molar-refractivity contribution >= 4 is 11.8 Å². The molecule has 2 aliphatic heterocycles. The highest BCUT2D eigenvalue weighted by atomic mass is 16.2. The van der Waals surface area contributed by atoms with Crippen molar-refractivity contribution in [2.45, 2.75) is 70.9 Å². The van der Waals surface area contributed by atoms with E-state index in [1.807, 2.05) is 16.7 Å². The maximum absolute atomic E-state index is 12.5. The summed E-state index contributed by atoms with van der Waals surface area (Å²) in [5.41, 5.74) is 0. The lowest BCUT2D eigenvalue weighted by atomic mass is 10.0. The van der Waals surface area contributed by atoms with Crippen molar-refractivity contribution in [3.63, 3.8) is 0 Å². The predicted octanol–water partition coefficient (Wildman–Crippen LogP) is 2.18. The quantitative estimate of drug-likeness (QED) is 0.691. The van der Waals surface area contributed by atoms with Crippen molar-refractivity contribution in [3.05, 3.63) is 0 Å². The van der Waals surface area contributed by atoms with Gasteiger partial charge in [-0.3, -0.25) is 9.59 Å². The van der Waals surface area contributed by atoms with Crippen LogP contribution in [0.5, 0.6) is 0 Å². The van der Waals surface area contributed by atoms with E-state index in [9.17, 15) is 9.59 Å². The highest BCUT2D eigenvalue weighted by Crippen LogP contribution is 2.28. The largest absolute Gasteiger partial charge is 0.329 e. The van der Waals surface area contributed by atoms with Crippen LogP contribution in [-0.4, -0.2) is 46.8 Å². The standard InChI is InChI=1S/C15H26N2O2/c1-3-5-6-7-10-16-12(4-2)14(18)17-11-8-9-13(17)15(16)19/h12-13H,3-11H2,1-2H3. The zero-order valence-corrected chi connectivity index (χ0v) is 12.2. The van der Waals surface area contributed by atoms with E-state index in [0.29, 0.717) is 0 Å². The molecule has 0 bridgehead atoms. The summed E-state index contributed by atoms with van der Waals surface area (Å²) >= 11 is 0. The molecule has 0 aromatic heterocycles. The molecular weight excluding hydrogens is 240 g/mol. The van der Waals surface area contributed by atoms with E-state index >= 15 is 0 Å². The number of amides is 2. The minimum atomic E-state index is -0.205. The van der Waals surface area contributed by atoms with Crippen LogP contribution in [0.25, 0.3) is 0 Å². The molecule has 0 aromatic rings. The summed E-state index contributed by atoms with van der Waals surface area (Å²) in [7, 11) is 0. The van der Waals surface area contributed by atoms with Crippen molar-refractivity contribution in [3.8, 4) is 0 Å². The molecule has 2 rings (SSSR count). The Labute approximate surface area is 116 Å². The predicted molar refractivity (Wildman–Crippen MR) is 74.7 cm³/mol. The lowest BCUT2D eigenvalue weighted by Crippen LogP contribution is -2.62.